The molecule has 3 heterocycles. The van der Waals surface area contributed by atoms with Gasteiger partial charge in [-0.2, -0.15) is 0 Å². The van der Waals surface area contributed by atoms with Crippen molar-refractivity contribution in [2.45, 2.75) is 140 Å². The lowest BCUT2D eigenvalue weighted by atomic mass is 9.57. The normalized spacial score (nSPS) is 39.5. The van der Waals surface area contributed by atoms with Crippen molar-refractivity contribution in [3.63, 3.8) is 0 Å². The van der Waals surface area contributed by atoms with Crippen LogP contribution < -0.4 is 31.9 Å². The number of hydrogen-bond acceptors (Lipinski definition) is 10. The Kier molecular flexibility index (Phi) is 13.7. The van der Waals surface area contributed by atoms with Crippen molar-refractivity contribution in [3.8, 4) is 0 Å². The van der Waals surface area contributed by atoms with Gasteiger partial charge in [0.05, 0.1) is 12.8 Å². The van der Waals surface area contributed by atoms with Crippen LogP contribution >= 0.6 is 0 Å². The Morgan fingerprint density at radius 3 is 2.71 bits per heavy atom. The molecule has 0 aromatic rings. The molecule has 322 valence electrons. The lowest BCUT2D eigenvalue weighted by Gasteiger charge is -2.46. The van der Waals surface area contributed by atoms with Crippen LogP contribution in [0.1, 0.15) is 111 Å². The zero-order valence-electron chi connectivity index (χ0n) is 36.2. The predicted molar refractivity (Wildman–Crippen MR) is 228 cm³/mol. The second-order valence-electron chi connectivity index (χ2n) is 19.1. The van der Waals surface area contributed by atoms with Gasteiger partial charge < -0.3 is 36.1 Å². The fourth-order valence-electron chi connectivity index (χ4n) is 12.1. The van der Waals surface area contributed by atoms with Crippen LogP contribution in [-0.4, -0.2) is 99.4 Å². The van der Waals surface area contributed by atoms with Crippen molar-refractivity contribution >= 4 is 23.5 Å². The number of Topliss-reactive ketones (excluding diaryl/α,β-unsaturated/α-hetero) is 2. The maximum absolute atomic E-state index is 15.1. The smallest absolute Gasteiger partial charge is 0.350 e. The van der Waals surface area contributed by atoms with Gasteiger partial charge in [0.2, 0.25) is 0 Å². The first-order valence-corrected chi connectivity index (χ1v) is 22.8. The number of ether oxygens (including phenoxy) is 2. The largest absolute Gasteiger partial charge is 0.463 e. The molecule has 58 heavy (non-hydrogen) atoms. The van der Waals surface area contributed by atoms with E-state index in [0.717, 1.165) is 108 Å². The number of nitrogens with zero attached hydrogens (tertiary/aromatic N) is 1. The standard InChI is InChI=1S/C46H73N7O5/c1-7-49-37-24-32-13-9-8-12-31(32)23-34(37)27-57-42(56)46-41(55)39-33(22-29(2)3)14-10-15-36(39)40(54)45(46,58-46)19-16-30(4)26-44(18-11-20-51-43(48-6)53-44)35-17-21-50-38(25-35)52-28-47-5/h9,13,16,24,29,31,33-39,47,49-50,52H,7-8,10-12,14-15,17-23,25-28H2,1-6H3,(H2,48,51,53)/t31-,33?,34-,35?,36?,37-,38?,39?,44+,45-,46-/m0/s1. The summed E-state index contributed by atoms with van der Waals surface area (Å²) >= 11 is 0. The van der Waals surface area contributed by atoms with E-state index in [1.807, 2.05) is 14.1 Å². The average Bonchev–Trinajstić information content (AvgIpc) is 3.97. The Morgan fingerprint density at radius 2 is 1.93 bits per heavy atom. The molecule has 11 atom stereocenters. The zero-order chi connectivity index (χ0) is 41.1. The van der Waals surface area contributed by atoms with Crippen LogP contribution in [0.15, 0.2) is 40.4 Å². The fourth-order valence-corrected chi connectivity index (χ4v) is 12.1. The number of esters is 1. The van der Waals surface area contributed by atoms with Crippen molar-refractivity contribution in [2.24, 2.45) is 46.4 Å². The third kappa shape index (κ3) is 8.39. The van der Waals surface area contributed by atoms with E-state index in [0.29, 0.717) is 24.2 Å². The third-order valence-corrected chi connectivity index (χ3v) is 14.9. The van der Waals surface area contributed by atoms with Gasteiger partial charge in [-0.3, -0.25) is 19.9 Å². The van der Waals surface area contributed by atoms with Crippen molar-refractivity contribution < 1.29 is 23.9 Å². The van der Waals surface area contributed by atoms with E-state index in [4.69, 9.17) is 9.47 Å². The Morgan fingerprint density at radius 1 is 1.09 bits per heavy atom. The summed E-state index contributed by atoms with van der Waals surface area (Å²) in [6, 6.07) is 0.0642. The number of piperidine rings is 1. The molecule has 0 amide bonds. The summed E-state index contributed by atoms with van der Waals surface area (Å²) in [5.74, 6) is 0.215. The van der Waals surface area contributed by atoms with E-state index < -0.39 is 29.0 Å². The number of carbonyl (C=O) groups excluding carboxylic acids is 3. The number of likely N-dealkylation sites (N-methyl/N-ethyl adjacent to an activating group) is 1. The molecule has 5 fully saturated rings. The number of guanidine groups is 1. The number of hydrogen-bond donors (Lipinski definition) is 6. The van der Waals surface area contributed by atoms with E-state index >= 15 is 4.79 Å². The first kappa shape index (κ1) is 43.2. The molecule has 5 unspecified atom stereocenters. The van der Waals surface area contributed by atoms with E-state index in [1.165, 1.54) is 5.57 Å². The van der Waals surface area contributed by atoms with Crippen LogP contribution in [0.5, 0.6) is 0 Å². The second kappa shape index (κ2) is 18.4. The number of rotatable bonds is 15. The van der Waals surface area contributed by atoms with Gasteiger partial charge in [-0.25, -0.2) is 4.79 Å². The summed E-state index contributed by atoms with van der Waals surface area (Å²) in [7, 11) is 3.77. The molecule has 0 radical (unpaired) electrons. The van der Waals surface area contributed by atoms with Gasteiger partial charge in [0.15, 0.2) is 23.1 Å². The minimum atomic E-state index is -1.89. The zero-order valence-corrected chi connectivity index (χ0v) is 36.2. The maximum atomic E-state index is 15.1. The quantitative estimate of drug-likeness (QED) is 0.0450. The van der Waals surface area contributed by atoms with E-state index in [-0.39, 0.29) is 54.2 Å². The highest BCUT2D eigenvalue weighted by molar-refractivity contribution is 6.23. The Hall–Kier alpha value is -2.90. The number of aliphatic imine (C=N–C) groups is 1. The molecule has 0 aromatic heterocycles. The van der Waals surface area contributed by atoms with Crippen LogP contribution in [0.2, 0.25) is 0 Å². The molecule has 0 aromatic carbocycles. The highest BCUT2D eigenvalue weighted by Crippen LogP contribution is 2.63. The summed E-state index contributed by atoms with van der Waals surface area (Å²) < 4.78 is 12.8. The number of nitrogens with one attached hydrogen (secondary N) is 6. The van der Waals surface area contributed by atoms with Crippen LogP contribution in [0, 0.1) is 41.4 Å². The SMILES string of the molecule is CCN[C@H]1C=C2C=CCC[C@H]2C[C@H]1COC(=O)[C@]12O[C@@]1(CC=C(C)C[C@@]1(C3CCNC(NCNC)C3)CCCNC(=NC)N1)C(=O)C1CCCC(CC(C)C)C1C2=O. The minimum absolute atomic E-state index is 0.0550. The lowest BCUT2D eigenvalue weighted by Crippen LogP contribution is -2.60. The molecule has 3 aliphatic heterocycles. The van der Waals surface area contributed by atoms with E-state index in [9.17, 15) is 9.59 Å². The first-order valence-electron chi connectivity index (χ1n) is 22.8. The van der Waals surface area contributed by atoms with Crippen molar-refractivity contribution in [3.05, 3.63) is 35.5 Å². The Labute approximate surface area is 347 Å². The van der Waals surface area contributed by atoms with Crippen molar-refractivity contribution in [2.75, 3.05) is 47.0 Å². The first-order chi connectivity index (χ1) is 28.0. The van der Waals surface area contributed by atoms with Gasteiger partial charge in [-0.15, -0.1) is 0 Å². The molecule has 7 rings (SSSR count). The number of allylic oxidation sites excluding steroid dienone is 3. The molecule has 12 nitrogen and oxygen atoms in total. The number of fused-ring (bicyclic) bond motifs is 3. The van der Waals surface area contributed by atoms with Crippen molar-refractivity contribution in [1.29, 1.82) is 0 Å². The van der Waals surface area contributed by atoms with Gasteiger partial charge in [0, 0.05) is 56.0 Å². The highest BCUT2D eigenvalue weighted by Gasteiger charge is 2.87. The van der Waals surface area contributed by atoms with Crippen LogP contribution in [-0.2, 0) is 23.9 Å². The molecular formula is C46H73N7O5. The van der Waals surface area contributed by atoms with Crippen molar-refractivity contribution in [1.82, 2.24) is 31.9 Å². The van der Waals surface area contributed by atoms with Crippen LogP contribution in [0.3, 0.4) is 0 Å². The predicted octanol–water partition coefficient (Wildman–Crippen LogP) is 4.67. The lowest BCUT2D eigenvalue weighted by molar-refractivity contribution is -0.161. The molecular weight excluding hydrogens is 731 g/mol. The van der Waals surface area contributed by atoms with Gasteiger partial charge in [-0.1, -0.05) is 57.1 Å². The van der Waals surface area contributed by atoms with Crippen LogP contribution in [0.25, 0.3) is 0 Å². The summed E-state index contributed by atoms with van der Waals surface area (Å²) in [5.41, 5.74) is -1.22. The van der Waals surface area contributed by atoms with Gasteiger partial charge in [-0.05, 0) is 127 Å². The Balaban J connectivity index is 1.16. The molecule has 0 bridgehead atoms. The highest BCUT2D eigenvalue weighted by atomic mass is 16.7. The molecule has 4 aliphatic carbocycles. The summed E-state index contributed by atoms with van der Waals surface area (Å²) in [4.78, 5) is 49.3. The summed E-state index contributed by atoms with van der Waals surface area (Å²) in [6.07, 6.45) is 20.3. The monoisotopic (exact) mass is 804 g/mol. The molecule has 7 aliphatic rings. The topological polar surface area (TPSA) is 158 Å². The van der Waals surface area contributed by atoms with E-state index in [2.05, 4.69) is 88.9 Å². The number of epoxide rings is 1. The number of ketones is 2. The molecule has 3 saturated heterocycles. The number of carbonyl (C=O) groups is 3. The van der Waals surface area contributed by atoms with Crippen LogP contribution in [0.4, 0.5) is 0 Å². The third-order valence-electron chi connectivity index (χ3n) is 14.9. The summed E-state index contributed by atoms with van der Waals surface area (Å²) in [6.45, 7) is 12.0. The molecule has 12 heteroatoms. The molecule has 2 saturated carbocycles. The molecule has 6 N–H and O–H groups in total. The minimum Gasteiger partial charge on any atom is -0.463 e. The average molecular weight is 804 g/mol. The van der Waals surface area contributed by atoms with Gasteiger partial charge in [0.1, 0.15) is 0 Å². The fraction of sp³-hybridized carbons (Fsp3) is 0.783. The summed E-state index contributed by atoms with van der Waals surface area (Å²) in [5, 5.41) is 21.4. The maximum Gasteiger partial charge on any atom is 0.350 e. The van der Waals surface area contributed by atoms with Gasteiger partial charge in [0.25, 0.3) is 5.60 Å². The van der Waals surface area contributed by atoms with Gasteiger partial charge >= 0.3 is 5.97 Å². The molecule has 0 spiro atoms. The Bertz CT molecular complexity index is 1640. The van der Waals surface area contributed by atoms with E-state index in [1.54, 1.807) is 0 Å². The second-order valence-corrected chi connectivity index (χ2v) is 19.1.